The van der Waals surface area contributed by atoms with Gasteiger partial charge in [-0.15, -0.1) is 10.2 Å². The third kappa shape index (κ3) is 7.82. The average Bonchev–Trinajstić information content (AvgIpc) is 3.19. The number of carbonyl (C=O) groups excluding carboxylic acids is 1. The summed E-state index contributed by atoms with van der Waals surface area (Å²) in [6.45, 7) is 8.26. The van der Waals surface area contributed by atoms with Gasteiger partial charge in [0.2, 0.25) is 0 Å². The molecule has 0 spiro atoms. The van der Waals surface area contributed by atoms with E-state index in [-0.39, 0.29) is 5.91 Å². The minimum atomic E-state index is -0.0617. The molecule has 9 nitrogen and oxygen atoms in total. The maximum absolute atomic E-state index is 12.3. The Labute approximate surface area is 179 Å². The van der Waals surface area contributed by atoms with Crippen LogP contribution >= 0.6 is 0 Å². The molecule has 3 N–H and O–H groups in total. The van der Waals surface area contributed by atoms with E-state index in [4.69, 9.17) is 0 Å². The van der Waals surface area contributed by atoms with E-state index in [0.717, 1.165) is 43.4 Å². The lowest BCUT2D eigenvalue weighted by Gasteiger charge is -2.13. The maximum Gasteiger partial charge on any atom is 0.251 e. The fourth-order valence-electron chi connectivity index (χ4n) is 2.85. The molecule has 164 valence electrons. The molecular formula is C21H34N8O. The van der Waals surface area contributed by atoms with Crippen molar-refractivity contribution in [3.05, 3.63) is 47.5 Å². The highest BCUT2D eigenvalue weighted by atomic mass is 16.1. The molecule has 1 heterocycles. The summed E-state index contributed by atoms with van der Waals surface area (Å²) < 4.78 is 2.04. The standard InChI is InChI=1S/C21H34N8O/c1-5-19-27-26-16-29(19)13-11-24-21(22-6-2)25-15-17-8-7-9-18(14-17)20(30)23-10-12-28(3)4/h7-9,14,16H,5-6,10-13,15H2,1-4H3,(H,23,30)(H2,22,24,25). The average molecular weight is 415 g/mol. The molecule has 0 atom stereocenters. The number of likely N-dealkylation sites (N-methyl/N-ethyl adjacent to an activating group) is 1. The molecule has 0 bridgehead atoms. The Kier molecular flexibility index (Phi) is 9.79. The molecule has 0 saturated carbocycles. The Morgan fingerprint density at radius 2 is 2.00 bits per heavy atom. The highest BCUT2D eigenvalue weighted by Crippen LogP contribution is 2.07. The molecule has 1 aromatic carbocycles. The van der Waals surface area contributed by atoms with Crippen molar-refractivity contribution in [3.63, 3.8) is 0 Å². The lowest BCUT2D eigenvalue weighted by atomic mass is 10.1. The summed E-state index contributed by atoms with van der Waals surface area (Å²) in [5.41, 5.74) is 1.64. The second-order valence-electron chi connectivity index (χ2n) is 7.18. The van der Waals surface area contributed by atoms with Gasteiger partial charge in [0.1, 0.15) is 12.2 Å². The molecule has 0 saturated heterocycles. The molecule has 1 amide bonds. The van der Waals surface area contributed by atoms with Crippen LogP contribution in [0.15, 0.2) is 35.6 Å². The van der Waals surface area contributed by atoms with Crippen molar-refractivity contribution >= 4 is 11.9 Å². The molecule has 0 aliphatic heterocycles. The molecule has 30 heavy (non-hydrogen) atoms. The van der Waals surface area contributed by atoms with E-state index in [1.165, 1.54) is 0 Å². The van der Waals surface area contributed by atoms with Crippen molar-refractivity contribution in [1.29, 1.82) is 0 Å². The van der Waals surface area contributed by atoms with Crippen LogP contribution in [0.3, 0.4) is 0 Å². The van der Waals surface area contributed by atoms with Crippen LogP contribution in [0.4, 0.5) is 0 Å². The number of aryl methyl sites for hydroxylation is 1. The van der Waals surface area contributed by atoms with Crippen molar-refractivity contribution in [3.8, 4) is 0 Å². The van der Waals surface area contributed by atoms with Crippen LogP contribution < -0.4 is 16.0 Å². The normalized spacial score (nSPS) is 11.6. The number of carbonyl (C=O) groups is 1. The molecule has 0 unspecified atom stereocenters. The number of amides is 1. The zero-order valence-electron chi connectivity index (χ0n) is 18.5. The summed E-state index contributed by atoms with van der Waals surface area (Å²) in [6.07, 6.45) is 2.60. The smallest absolute Gasteiger partial charge is 0.251 e. The van der Waals surface area contributed by atoms with Crippen molar-refractivity contribution < 1.29 is 4.79 Å². The van der Waals surface area contributed by atoms with E-state index >= 15 is 0 Å². The first-order chi connectivity index (χ1) is 14.5. The Morgan fingerprint density at radius 1 is 1.17 bits per heavy atom. The molecule has 1 aromatic heterocycles. The number of aliphatic imine (C=N–C) groups is 1. The van der Waals surface area contributed by atoms with Gasteiger partial charge >= 0.3 is 0 Å². The predicted molar refractivity (Wildman–Crippen MR) is 120 cm³/mol. The van der Waals surface area contributed by atoms with Crippen LogP contribution in [-0.2, 0) is 19.5 Å². The topological polar surface area (TPSA) is 99.5 Å². The lowest BCUT2D eigenvalue weighted by Crippen LogP contribution is -2.38. The minimum Gasteiger partial charge on any atom is -0.357 e. The highest BCUT2D eigenvalue weighted by Gasteiger charge is 2.06. The van der Waals surface area contributed by atoms with Crippen LogP contribution in [0.5, 0.6) is 0 Å². The predicted octanol–water partition coefficient (Wildman–Crippen LogP) is 0.887. The van der Waals surface area contributed by atoms with Crippen LogP contribution in [-0.4, -0.2) is 71.8 Å². The van der Waals surface area contributed by atoms with Crippen LogP contribution in [0, 0.1) is 0 Å². The summed E-state index contributed by atoms with van der Waals surface area (Å²) in [5, 5.41) is 17.6. The van der Waals surface area contributed by atoms with Crippen molar-refractivity contribution in [2.45, 2.75) is 33.4 Å². The van der Waals surface area contributed by atoms with E-state index < -0.39 is 0 Å². The van der Waals surface area contributed by atoms with Crippen LogP contribution in [0.2, 0.25) is 0 Å². The number of hydrogen-bond donors (Lipinski definition) is 3. The quantitative estimate of drug-likeness (QED) is 0.373. The fraction of sp³-hybridized carbons (Fsp3) is 0.524. The second-order valence-corrected chi connectivity index (χ2v) is 7.18. The molecule has 0 aliphatic rings. The molecule has 0 radical (unpaired) electrons. The molecule has 2 aromatic rings. The summed E-state index contributed by atoms with van der Waals surface area (Å²) in [6, 6.07) is 7.59. The molecule has 0 aliphatic carbocycles. The van der Waals surface area contributed by atoms with E-state index in [0.29, 0.717) is 25.2 Å². The molecule has 0 fully saturated rings. The van der Waals surface area contributed by atoms with Gasteiger partial charge in [0.05, 0.1) is 6.54 Å². The summed E-state index contributed by atoms with van der Waals surface area (Å²) in [5.74, 6) is 1.65. The lowest BCUT2D eigenvalue weighted by molar-refractivity contribution is 0.0951. The van der Waals surface area contributed by atoms with Crippen molar-refractivity contribution in [2.24, 2.45) is 4.99 Å². The van der Waals surface area contributed by atoms with Gasteiger partial charge in [-0.3, -0.25) is 4.79 Å². The monoisotopic (exact) mass is 414 g/mol. The number of rotatable bonds is 11. The van der Waals surface area contributed by atoms with Crippen LogP contribution in [0.25, 0.3) is 0 Å². The zero-order chi connectivity index (χ0) is 21.8. The number of nitrogens with one attached hydrogen (secondary N) is 3. The minimum absolute atomic E-state index is 0.0617. The molecular weight excluding hydrogens is 380 g/mol. The molecule has 9 heteroatoms. The summed E-state index contributed by atoms with van der Waals surface area (Å²) >= 11 is 0. The first-order valence-electron chi connectivity index (χ1n) is 10.4. The Morgan fingerprint density at radius 3 is 2.73 bits per heavy atom. The van der Waals surface area contributed by atoms with Gasteiger partial charge in [-0.05, 0) is 38.7 Å². The number of hydrogen-bond acceptors (Lipinski definition) is 5. The number of nitrogens with zero attached hydrogens (tertiary/aromatic N) is 5. The summed E-state index contributed by atoms with van der Waals surface area (Å²) in [4.78, 5) is 19.0. The largest absolute Gasteiger partial charge is 0.357 e. The van der Waals surface area contributed by atoms with Crippen LogP contribution in [0.1, 0.15) is 35.6 Å². The number of benzene rings is 1. The first kappa shape index (κ1) is 23.3. The van der Waals surface area contributed by atoms with Gasteiger partial charge in [-0.25, -0.2) is 4.99 Å². The van der Waals surface area contributed by atoms with Crippen molar-refractivity contribution in [1.82, 2.24) is 35.6 Å². The third-order valence-corrected chi connectivity index (χ3v) is 4.45. The Hall–Kier alpha value is -2.94. The third-order valence-electron chi connectivity index (χ3n) is 4.45. The number of guanidine groups is 1. The van der Waals surface area contributed by atoms with Gasteiger partial charge in [-0.1, -0.05) is 19.1 Å². The molecule has 2 rings (SSSR count). The Balaban J connectivity index is 1.91. The van der Waals surface area contributed by atoms with Gasteiger partial charge in [0, 0.05) is 44.7 Å². The van der Waals surface area contributed by atoms with E-state index in [2.05, 4.69) is 38.1 Å². The van der Waals surface area contributed by atoms with Gasteiger partial charge in [0.25, 0.3) is 5.91 Å². The highest BCUT2D eigenvalue weighted by molar-refractivity contribution is 5.94. The maximum atomic E-state index is 12.3. The summed E-state index contributed by atoms with van der Waals surface area (Å²) in [7, 11) is 3.96. The van der Waals surface area contributed by atoms with Gasteiger partial charge in [0.15, 0.2) is 5.96 Å². The van der Waals surface area contributed by atoms with E-state index in [1.54, 1.807) is 6.33 Å². The fourth-order valence-corrected chi connectivity index (χ4v) is 2.85. The van der Waals surface area contributed by atoms with E-state index in [9.17, 15) is 4.79 Å². The van der Waals surface area contributed by atoms with Crippen molar-refractivity contribution in [2.75, 3.05) is 40.3 Å². The Bertz CT molecular complexity index is 815. The van der Waals surface area contributed by atoms with Gasteiger partial charge in [-0.2, -0.15) is 0 Å². The SMILES string of the molecule is CCNC(=NCc1cccc(C(=O)NCCN(C)C)c1)NCCn1cnnc1CC. The first-order valence-corrected chi connectivity index (χ1v) is 10.4. The van der Waals surface area contributed by atoms with Gasteiger partial charge < -0.3 is 25.4 Å². The zero-order valence-corrected chi connectivity index (χ0v) is 18.5. The second kappa shape index (κ2) is 12.6. The van der Waals surface area contributed by atoms with E-state index in [1.807, 2.05) is 54.8 Å². The number of aromatic nitrogens is 3.